The Hall–Kier alpha value is -6.44. The van der Waals surface area contributed by atoms with Crippen molar-refractivity contribution in [2.24, 2.45) is 0 Å². The third-order valence-corrected chi connectivity index (χ3v) is 8.98. The first-order chi connectivity index (χ1) is 30.1. The van der Waals surface area contributed by atoms with Gasteiger partial charge in [0.15, 0.2) is 0 Å². The van der Waals surface area contributed by atoms with Crippen molar-refractivity contribution in [2.75, 3.05) is 0 Å². The van der Waals surface area contributed by atoms with E-state index < -0.39 is 54.4 Å². The van der Waals surface area contributed by atoms with Gasteiger partial charge in [-0.2, -0.15) is 0 Å². The van der Waals surface area contributed by atoms with Crippen LogP contribution < -0.4 is 0 Å². The van der Waals surface area contributed by atoms with E-state index >= 15 is 0 Å². The van der Waals surface area contributed by atoms with E-state index in [-0.39, 0.29) is 74.0 Å². The lowest BCUT2D eigenvalue weighted by molar-refractivity contribution is 0.669. The molecule has 0 aliphatic carbocycles. The highest BCUT2D eigenvalue weighted by Crippen LogP contribution is 2.46. The Kier molecular flexibility index (Phi) is 3.87. The van der Waals surface area contributed by atoms with Crippen molar-refractivity contribution in [3.8, 4) is 44.5 Å². The zero-order valence-corrected chi connectivity index (χ0v) is 25.6. The maximum atomic E-state index is 9.67. The van der Waals surface area contributed by atoms with Gasteiger partial charge >= 0.3 is 0 Å². The number of benzene rings is 9. The van der Waals surface area contributed by atoms with Gasteiger partial charge in [-0.05, 0) is 107 Å². The summed E-state index contributed by atoms with van der Waals surface area (Å²) < 4.78 is 129. The van der Waals surface area contributed by atoms with E-state index in [0.717, 1.165) is 27.5 Å². The lowest BCUT2D eigenvalue weighted by atomic mass is 9.84. The first kappa shape index (κ1) is 17.1. The Morgan fingerprint density at radius 1 is 0.367 bits per heavy atom. The highest BCUT2D eigenvalue weighted by molar-refractivity contribution is 6.22. The second-order valence-electron chi connectivity index (χ2n) is 11.7. The topological polar surface area (TPSA) is 13.1 Å². The number of hydrogen-bond donors (Lipinski definition) is 0. The van der Waals surface area contributed by atoms with Crippen molar-refractivity contribution >= 4 is 54.3 Å². The van der Waals surface area contributed by atoms with E-state index in [0.29, 0.717) is 27.5 Å². The molecule has 49 heavy (non-hydrogen) atoms. The summed E-state index contributed by atoms with van der Waals surface area (Å²) in [6, 6.07) is 23.9. The van der Waals surface area contributed by atoms with Gasteiger partial charge in [0.05, 0.1) is 19.2 Å². The van der Waals surface area contributed by atoms with Crippen LogP contribution >= 0.6 is 0 Å². The minimum Gasteiger partial charge on any atom is -0.456 e. The van der Waals surface area contributed by atoms with Gasteiger partial charge in [0.25, 0.3) is 0 Å². The van der Waals surface area contributed by atoms with Gasteiger partial charge in [-0.15, -0.1) is 0 Å². The molecule has 9 aromatic carbocycles. The Bertz CT molecular complexity index is 3590. The largest absolute Gasteiger partial charge is 0.456 e. The summed E-state index contributed by atoms with van der Waals surface area (Å²) in [5.74, 6) is 0. The van der Waals surface area contributed by atoms with Crippen molar-refractivity contribution in [3.63, 3.8) is 0 Å². The summed E-state index contributed by atoms with van der Waals surface area (Å²) in [6.07, 6.45) is 0. The summed E-state index contributed by atoms with van der Waals surface area (Å²) in [7, 11) is 0. The van der Waals surface area contributed by atoms with E-state index in [9.17, 15) is 4.11 Å². The van der Waals surface area contributed by atoms with E-state index in [1.165, 1.54) is 0 Å². The monoisotopic (exact) mass is 636 g/mol. The molecule has 1 aromatic heterocycles. The van der Waals surface area contributed by atoms with Crippen LogP contribution in [0.25, 0.3) is 98.8 Å². The van der Waals surface area contributed by atoms with E-state index in [1.807, 2.05) is 91.0 Å². The minimum atomic E-state index is -0.577. The molecule has 0 fully saturated rings. The molecular weight excluding hydrogens is 593 g/mol. The SMILES string of the molecule is [2H]c1c([2H])c([2H])c(-c2ccc(-c3c4ccccc4c(-c4c([2H])c([2H])c5c(oc6c([2H])c7c([2H])c([2H])c([2H])c([2H])c7c([2H])c65)c4[2H])c4ccccc34)cc2-c2ccccc2)c([2H])c1[2H]. The van der Waals surface area contributed by atoms with Crippen molar-refractivity contribution in [1.29, 1.82) is 0 Å². The molecule has 0 bridgehead atoms. The standard InChI is InChI=1S/C48H30O/c1-3-13-31(14-4-1)37-25-23-35(28-43(37)32-15-5-2-6-16-32)47-39-19-9-11-21-41(39)48(42-22-12-10-20-40(42)47)36-24-26-38-44-27-33-17-7-8-18-34(33)29-46(44)49-45(38)30-36/h1-30H/i1D,3D,4D,7D,8D,13D,14D,17D,18D,24D,26D,27D,29D,30D. The normalized spacial score (nSPS) is 15.7. The molecule has 10 rings (SSSR count). The van der Waals surface area contributed by atoms with Crippen LogP contribution in [0.4, 0.5) is 0 Å². The molecule has 0 aliphatic rings. The summed E-state index contributed by atoms with van der Waals surface area (Å²) in [5, 5.41) is 2.14. The fourth-order valence-electron chi connectivity index (χ4n) is 6.85. The fourth-order valence-corrected chi connectivity index (χ4v) is 6.85. The molecule has 0 unspecified atom stereocenters. The molecule has 0 aliphatic heterocycles. The lowest BCUT2D eigenvalue weighted by Gasteiger charge is -2.19. The second kappa shape index (κ2) is 11.1. The number of fused-ring (bicyclic) bond motifs is 6. The van der Waals surface area contributed by atoms with Crippen LogP contribution in [-0.4, -0.2) is 0 Å². The van der Waals surface area contributed by atoms with E-state index in [4.69, 9.17) is 19.5 Å². The van der Waals surface area contributed by atoms with Crippen LogP contribution in [0.2, 0.25) is 0 Å². The summed E-state index contributed by atoms with van der Waals surface area (Å²) in [6.45, 7) is 0. The van der Waals surface area contributed by atoms with Gasteiger partial charge in [0.2, 0.25) is 0 Å². The Morgan fingerprint density at radius 2 is 0.959 bits per heavy atom. The van der Waals surface area contributed by atoms with Crippen LogP contribution in [0.15, 0.2) is 186 Å². The highest BCUT2D eigenvalue weighted by Gasteiger charge is 2.19. The van der Waals surface area contributed by atoms with Gasteiger partial charge in [-0.3, -0.25) is 0 Å². The van der Waals surface area contributed by atoms with Crippen molar-refractivity contribution in [1.82, 2.24) is 0 Å². The predicted molar refractivity (Wildman–Crippen MR) is 208 cm³/mol. The molecule has 10 aromatic rings. The number of hydrogen-bond acceptors (Lipinski definition) is 1. The third-order valence-electron chi connectivity index (χ3n) is 8.98. The van der Waals surface area contributed by atoms with Crippen LogP contribution in [0.5, 0.6) is 0 Å². The zero-order chi connectivity index (χ0) is 44.5. The molecule has 0 radical (unpaired) electrons. The van der Waals surface area contributed by atoms with Crippen LogP contribution in [0, 0.1) is 0 Å². The molecule has 0 amide bonds. The van der Waals surface area contributed by atoms with Crippen molar-refractivity contribution < 1.29 is 23.6 Å². The zero-order valence-electron chi connectivity index (χ0n) is 39.6. The lowest BCUT2D eigenvalue weighted by Crippen LogP contribution is -1.92. The molecule has 0 saturated carbocycles. The molecule has 228 valence electrons. The van der Waals surface area contributed by atoms with Gasteiger partial charge in [-0.1, -0.05) is 151 Å². The predicted octanol–water partition coefficient (Wildman–Crippen LogP) is 13.7. The van der Waals surface area contributed by atoms with Crippen LogP contribution in [-0.2, 0) is 0 Å². The second-order valence-corrected chi connectivity index (χ2v) is 11.7. The van der Waals surface area contributed by atoms with E-state index in [2.05, 4.69) is 0 Å². The minimum absolute atomic E-state index is 0.0684. The molecule has 0 N–H and O–H groups in total. The Balaban J connectivity index is 1.29. The van der Waals surface area contributed by atoms with Crippen LogP contribution in [0.3, 0.4) is 0 Å². The van der Waals surface area contributed by atoms with Crippen molar-refractivity contribution in [3.05, 3.63) is 182 Å². The summed E-state index contributed by atoms with van der Waals surface area (Å²) in [5.41, 5.74) is 3.57. The molecule has 0 saturated heterocycles. The maximum Gasteiger partial charge on any atom is 0.136 e. The smallest absolute Gasteiger partial charge is 0.136 e. The molecule has 1 nitrogen and oxygen atoms in total. The highest BCUT2D eigenvalue weighted by atomic mass is 16.3. The fraction of sp³-hybridized carbons (Fsp3) is 0. The van der Waals surface area contributed by atoms with Gasteiger partial charge in [0, 0.05) is 10.8 Å². The molecule has 0 spiro atoms. The molecule has 1 heterocycles. The van der Waals surface area contributed by atoms with Gasteiger partial charge in [0.1, 0.15) is 11.2 Å². The first-order valence-electron chi connectivity index (χ1n) is 22.7. The third kappa shape index (κ3) is 4.47. The summed E-state index contributed by atoms with van der Waals surface area (Å²) in [4.78, 5) is 0. The average Bonchev–Trinajstić information content (AvgIpc) is 3.72. The Labute approximate surface area is 304 Å². The summed E-state index contributed by atoms with van der Waals surface area (Å²) >= 11 is 0. The van der Waals surface area contributed by atoms with Gasteiger partial charge < -0.3 is 4.42 Å². The van der Waals surface area contributed by atoms with Crippen LogP contribution in [0.1, 0.15) is 19.2 Å². The average molecular weight is 637 g/mol. The number of furan rings is 1. The molecule has 0 atom stereocenters. The first-order valence-corrected chi connectivity index (χ1v) is 15.7. The number of rotatable bonds is 4. The maximum absolute atomic E-state index is 9.67. The van der Waals surface area contributed by atoms with E-state index in [1.54, 1.807) is 6.07 Å². The molecule has 1 heteroatoms. The Morgan fingerprint density at radius 3 is 1.65 bits per heavy atom. The quantitative estimate of drug-likeness (QED) is 0.175. The van der Waals surface area contributed by atoms with Gasteiger partial charge in [-0.25, -0.2) is 0 Å². The van der Waals surface area contributed by atoms with Crippen molar-refractivity contribution in [2.45, 2.75) is 0 Å². The molecular formula is C48H30O.